The number of hydrogen-bond acceptors (Lipinski definition) is 8. The Balaban J connectivity index is 1.55. The number of carbonyl (C=O) groups excluding carboxylic acids is 1. The summed E-state index contributed by atoms with van der Waals surface area (Å²) >= 11 is 0. The number of aryl methyl sites for hydroxylation is 1. The first kappa shape index (κ1) is 28.8. The fourth-order valence-corrected chi connectivity index (χ4v) is 5.29. The van der Waals surface area contributed by atoms with Crippen LogP contribution in [0.25, 0.3) is 10.9 Å². The molecule has 0 bridgehead atoms. The van der Waals surface area contributed by atoms with Gasteiger partial charge in [-0.05, 0) is 24.4 Å². The second-order valence-corrected chi connectivity index (χ2v) is 10.6. The summed E-state index contributed by atoms with van der Waals surface area (Å²) in [6.07, 6.45) is 4.12. The third-order valence-electron chi connectivity index (χ3n) is 6.12. The van der Waals surface area contributed by atoms with Gasteiger partial charge in [-0.15, -0.1) is 0 Å². The van der Waals surface area contributed by atoms with Gasteiger partial charge in [0.05, 0.1) is 15.8 Å². The topological polar surface area (TPSA) is 171 Å². The largest absolute Gasteiger partial charge is 0.480 e. The van der Waals surface area contributed by atoms with Crippen molar-refractivity contribution < 1.29 is 31.9 Å². The van der Waals surface area contributed by atoms with Gasteiger partial charge in [-0.1, -0.05) is 24.3 Å². The van der Waals surface area contributed by atoms with Crippen LogP contribution in [0.5, 0.6) is 0 Å². The second-order valence-electron chi connectivity index (χ2n) is 8.86. The van der Waals surface area contributed by atoms with Gasteiger partial charge in [0.15, 0.2) is 5.82 Å². The standard InChI is InChI=1S/C25H26F2N6O6S/c1-33-13-17(23(35)30-12-19(24(36)37)32-40(38,39)14-6-3-2-4-7-14)22(34)15-10-18(26)16(20(27)21(15)33)11-31-25-28-8-5-9-29-25/h2-8,10,13,19,25,28-29,31-32H,9,11-12H2,1H3,(H,30,35)(H,36,37). The molecule has 0 saturated carbocycles. The lowest BCUT2D eigenvalue weighted by Gasteiger charge is -2.23. The molecule has 15 heteroatoms. The van der Waals surface area contributed by atoms with E-state index < -0.39 is 68.8 Å². The quantitative estimate of drug-likeness (QED) is 0.195. The number of fused-ring (bicyclic) bond motifs is 1. The van der Waals surface area contributed by atoms with Crippen LogP contribution < -0.4 is 31.4 Å². The summed E-state index contributed by atoms with van der Waals surface area (Å²) in [7, 11) is -2.87. The Morgan fingerprint density at radius 2 is 1.95 bits per heavy atom. The molecule has 0 radical (unpaired) electrons. The molecule has 4 rings (SSSR count). The van der Waals surface area contributed by atoms with Crippen molar-refractivity contribution in [1.82, 2.24) is 30.6 Å². The Morgan fingerprint density at radius 3 is 2.60 bits per heavy atom. The highest BCUT2D eigenvalue weighted by Crippen LogP contribution is 2.22. The van der Waals surface area contributed by atoms with Gasteiger partial charge in [-0.25, -0.2) is 17.2 Å². The summed E-state index contributed by atoms with van der Waals surface area (Å²) < 4.78 is 58.4. The van der Waals surface area contributed by atoms with Crippen LogP contribution >= 0.6 is 0 Å². The lowest BCUT2D eigenvalue weighted by molar-refractivity contribution is -0.138. The van der Waals surface area contributed by atoms with Crippen molar-refractivity contribution in [2.75, 3.05) is 13.1 Å². The Labute approximate surface area is 227 Å². The predicted molar refractivity (Wildman–Crippen MR) is 141 cm³/mol. The number of carboxylic acids is 1. The fraction of sp³-hybridized carbons (Fsp3) is 0.240. The number of halogens is 2. The van der Waals surface area contributed by atoms with Gasteiger partial charge in [-0.3, -0.25) is 25.0 Å². The van der Waals surface area contributed by atoms with Gasteiger partial charge in [0, 0.05) is 38.4 Å². The van der Waals surface area contributed by atoms with E-state index in [-0.39, 0.29) is 22.5 Å². The van der Waals surface area contributed by atoms with Crippen LogP contribution in [-0.4, -0.2) is 55.4 Å². The van der Waals surface area contributed by atoms with E-state index in [4.69, 9.17) is 0 Å². The van der Waals surface area contributed by atoms with Crippen LogP contribution in [-0.2, 0) is 28.4 Å². The molecule has 1 aliphatic rings. The van der Waals surface area contributed by atoms with Crippen molar-refractivity contribution >= 4 is 32.8 Å². The molecule has 12 nitrogen and oxygen atoms in total. The van der Waals surface area contributed by atoms with E-state index in [1.165, 1.54) is 31.3 Å². The van der Waals surface area contributed by atoms with Crippen LogP contribution in [0.4, 0.5) is 8.78 Å². The molecule has 1 amide bonds. The minimum atomic E-state index is -4.23. The van der Waals surface area contributed by atoms with Crippen LogP contribution in [0.1, 0.15) is 15.9 Å². The van der Waals surface area contributed by atoms with E-state index in [0.717, 1.165) is 16.8 Å². The fourth-order valence-electron chi connectivity index (χ4n) is 4.08. The average molecular weight is 577 g/mol. The summed E-state index contributed by atoms with van der Waals surface area (Å²) in [6.45, 7) is -0.371. The molecule has 2 atom stereocenters. The number of hydrogen-bond donors (Lipinski definition) is 6. The molecule has 0 fully saturated rings. The summed E-state index contributed by atoms with van der Waals surface area (Å²) in [5.41, 5.74) is -2.05. The Hall–Kier alpha value is -4.18. The third-order valence-corrected chi connectivity index (χ3v) is 7.60. The molecule has 1 aromatic heterocycles. The number of carbonyl (C=O) groups is 2. The zero-order valence-electron chi connectivity index (χ0n) is 21.1. The van der Waals surface area contributed by atoms with Gasteiger partial charge >= 0.3 is 5.97 Å². The van der Waals surface area contributed by atoms with E-state index >= 15 is 4.39 Å². The number of aliphatic carboxylic acids is 1. The minimum absolute atomic E-state index is 0.183. The van der Waals surface area contributed by atoms with Gasteiger partial charge in [0.1, 0.15) is 23.7 Å². The van der Waals surface area contributed by atoms with Gasteiger partial charge in [0.2, 0.25) is 15.5 Å². The molecule has 3 aromatic rings. The normalized spacial score (nSPS) is 15.9. The van der Waals surface area contributed by atoms with Gasteiger partial charge in [-0.2, -0.15) is 4.72 Å². The van der Waals surface area contributed by atoms with E-state index in [2.05, 4.69) is 21.3 Å². The van der Waals surface area contributed by atoms with Crippen molar-refractivity contribution in [2.45, 2.75) is 23.8 Å². The lowest BCUT2D eigenvalue weighted by atomic mass is 10.1. The number of pyridine rings is 1. The third kappa shape index (κ3) is 6.17. The van der Waals surface area contributed by atoms with E-state index in [1.807, 2.05) is 10.8 Å². The summed E-state index contributed by atoms with van der Waals surface area (Å²) in [5.74, 6) is -4.62. The summed E-state index contributed by atoms with van der Waals surface area (Å²) in [6, 6.07) is 6.08. The highest BCUT2D eigenvalue weighted by molar-refractivity contribution is 7.89. The molecular formula is C25H26F2N6O6S. The molecule has 0 spiro atoms. The molecule has 6 N–H and O–H groups in total. The number of nitrogens with zero attached hydrogens (tertiary/aromatic N) is 1. The first-order chi connectivity index (χ1) is 19.0. The number of nitrogens with one attached hydrogen (secondary N) is 5. The van der Waals surface area contributed by atoms with Crippen LogP contribution in [0.3, 0.4) is 0 Å². The van der Waals surface area contributed by atoms with Crippen molar-refractivity contribution in [2.24, 2.45) is 7.05 Å². The minimum Gasteiger partial charge on any atom is -0.480 e. The monoisotopic (exact) mass is 576 g/mol. The van der Waals surface area contributed by atoms with Crippen LogP contribution in [0.2, 0.25) is 0 Å². The summed E-state index contributed by atoms with van der Waals surface area (Å²) in [4.78, 5) is 37.4. The molecule has 0 aliphatic carbocycles. The van der Waals surface area contributed by atoms with Gasteiger partial charge in [0.25, 0.3) is 5.91 Å². The maximum atomic E-state index is 15.4. The molecule has 0 saturated heterocycles. The number of sulfonamides is 1. The smallest absolute Gasteiger partial charge is 0.323 e. The lowest BCUT2D eigenvalue weighted by Crippen LogP contribution is -2.52. The molecule has 2 heterocycles. The van der Waals surface area contributed by atoms with Crippen molar-refractivity contribution in [1.29, 1.82) is 0 Å². The molecule has 40 heavy (non-hydrogen) atoms. The molecule has 2 unspecified atom stereocenters. The molecule has 1 aliphatic heterocycles. The Morgan fingerprint density at radius 1 is 1.23 bits per heavy atom. The van der Waals surface area contributed by atoms with E-state index in [0.29, 0.717) is 6.54 Å². The number of aromatic nitrogens is 1. The average Bonchev–Trinajstić information content (AvgIpc) is 2.93. The second kappa shape index (κ2) is 11.9. The summed E-state index contributed by atoms with van der Waals surface area (Å²) in [5, 5.41) is 20.2. The number of amides is 1. The number of carboxylic acid groups (broad SMARTS) is 1. The first-order valence-electron chi connectivity index (χ1n) is 12.0. The number of benzene rings is 2. The van der Waals surface area contributed by atoms with Crippen molar-refractivity contribution in [3.63, 3.8) is 0 Å². The highest BCUT2D eigenvalue weighted by Gasteiger charge is 2.27. The Kier molecular flexibility index (Phi) is 8.58. The first-order valence-corrected chi connectivity index (χ1v) is 13.4. The van der Waals surface area contributed by atoms with Crippen LogP contribution in [0, 0.1) is 11.6 Å². The zero-order chi connectivity index (χ0) is 29.0. The molecule has 2 aromatic carbocycles. The zero-order valence-corrected chi connectivity index (χ0v) is 21.9. The number of rotatable bonds is 10. The Bertz CT molecular complexity index is 1650. The van der Waals surface area contributed by atoms with Gasteiger partial charge < -0.3 is 20.3 Å². The maximum Gasteiger partial charge on any atom is 0.323 e. The van der Waals surface area contributed by atoms with E-state index in [9.17, 15) is 32.3 Å². The van der Waals surface area contributed by atoms with Crippen molar-refractivity contribution in [3.05, 3.63) is 87.9 Å². The maximum absolute atomic E-state index is 15.4. The SMILES string of the molecule is Cn1cc(C(=O)NCC(NS(=O)(=O)c2ccccc2)C(=O)O)c(=O)c2cc(F)c(CNC3NC=CCN3)c(F)c21. The van der Waals surface area contributed by atoms with E-state index in [1.54, 1.807) is 12.3 Å². The highest BCUT2D eigenvalue weighted by atomic mass is 32.2. The van der Waals surface area contributed by atoms with Crippen molar-refractivity contribution in [3.8, 4) is 0 Å². The predicted octanol–water partition coefficient (Wildman–Crippen LogP) is 0.0579. The molecule has 212 valence electrons. The molecular weight excluding hydrogens is 550 g/mol. The van der Waals surface area contributed by atoms with Crippen LogP contribution in [0.15, 0.2) is 64.6 Å².